The molecule has 1 atom stereocenters. The van der Waals surface area contributed by atoms with Crippen molar-refractivity contribution in [3.05, 3.63) is 30.1 Å². The monoisotopic (exact) mass is 212 g/mol. The lowest BCUT2D eigenvalue weighted by Gasteiger charge is -2.22. The summed E-state index contributed by atoms with van der Waals surface area (Å²) in [4.78, 5) is 17.3. The molecular weight excluding hydrogens is 200 g/mol. The Labute approximate surface area is 88.7 Å². The molecule has 1 aromatic heterocycles. The number of carbonyl (C=O) groups is 1. The number of amides is 1. The van der Waals surface area contributed by atoms with Gasteiger partial charge in [-0.2, -0.15) is 0 Å². The Morgan fingerprint density at radius 2 is 2.43 bits per heavy atom. The fourth-order valence-electron chi connectivity index (χ4n) is 0.997. The highest BCUT2D eigenvalue weighted by Crippen LogP contribution is 2.05. The summed E-state index contributed by atoms with van der Waals surface area (Å²) in [6.45, 7) is 1.90. The van der Waals surface area contributed by atoms with Gasteiger partial charge < -0.3 is 4.90 Å². The lowest BCUT2D eigenvalue weighted by atomic mass is 10.2. The van der Waals surface area contributed by atoms with E-state index in [1.54, 1.807) is 36.5 Å². The second-order valence-corrected chi connectivity index (χ2v) is 3.47. The third-order valence-electron chi connectivity index (χ3n) is 2.11. The summed E-state index contributed by atoms with van der Waals surface area (Å²) < 4.78 is 0. The van der Waals surface area contributed by atoms with Crippen molar-refractivity contribution < 1.29 is 4.79 Å². The number of hydrogen-bond donors (Lipinski definition) is 0. The summed E-state index contributed by atoms with van der Waals surface area (Å²) in [6.07, 6.45) is 3.20. The van der Waals surface area contributed by atoms with Crippen molar-refractivity contribution in [3.63, 3.8) is 0 Å². The van der Waals surface area contributed by atoms with Crippen molar-refractivity contribution in [3.8, 4) is 0 Å². The van der Waals surface area contributed by atoms with Gasteiger partial charge in [0.05, 0.1) is 5.56 Å². The van der Waals surface area contributed by atoms with Crippen LogP contribution >= 0.6 is 11.6 Å². The van der Waals surface area contributed by atoms with Crippen LogP contribution < -0.4 is 0 Å². The first-order chi connectivity index (χ1) is 6.66. The van der Waals surface area contributed by atoms with Gasteiger partial charge in [0.2, 0.25) is 0 Å². The predicted octanol–water partition coefficient (Wildman–Crippen LogP) is 1.78. The van der Waals surface area contributed by atoms with Crippen molar-refractivity contribution >= 4 is 17.5 Å². The van der Waals surface area contributed by atoms with Gasteiger partial charge in [0.25, 0.3) is 5.91 Å². The molecule has 76 valence electrons. The second kappa shape index (κ2) is 4.96. The van der Waals surface area contributed by atoms with Crippen LogP contribution in [-0.4, -0.2) is 34.8 Å². The molecule has 0 aliphatic carbocycles. The van der Waals surface area contributed by atoms with Crippen molar-refractivity contribution in [2.45, 2.75) is 13.0 Å². The summed E-state index contributed by atoms with van der Waals surface area (Å²) in [5.74, 6) is 0.383. The first kappa shape index (κ1) is 11.0. The van der Waals surface area contributed by atoms with Crippen molar-refractivity contribution in [2.24, 2.45) is 0 Å². The minimum absolute atomic E-state index is 0.0318. The maximum absolute atomic E-state index is 11.8. The molecule has 1 unspecified atom stereocenters. The van der Waals surface area contributed by atoms with Crippen molar-refractivity contribution in [1.82, 2.24) is 9.88 Å². The quantitative estimate of drug-likeness (QED) is 0.716. The number of pyridine rings is 1. The Morgan fingerprint density at radius 1 is 1.71 bits per heavy atom. The molecule has 0 aromatic carbocycles. The van der Waals surface area contributed by atoms with Crippen LogP contribution in [0.2, 0.25) is 0 Å². The highest BCUT2D eigenvalue weighted by Gasteiger charge is 2.16. The fraction of sp³-hybridized carbons (Fsp3) is 0.400. The van der Waals surface area contributed by atoms with E-state index in [4.69, 9.17) is 11.6 Å². The first-order valence-electron chi connectivity index (χ1n) is 4.40. The molecule has 0 N–H and O–H groups in total. The molecule has 0 spiro atoms. The standard InChI is InChI=1S/C10H13ClN2O/c1-8(6-11)13(2)10(14)9-4-3-5-12-7-9/h3-5,7-8H,6H2,1-2H3. The molecule has 1 rings (SSSR count). The molecule has 0 fully saturated rings. The maximum atomic E-state index is 11.8. The van der Waals surface area contributed by atoms with Gasteiger partial charge in [0.1, 0.15) is 0 Å². The molecule has 3 nitrogen and oxygen atoms in total. The Balaban J connectivity index is 2.76. The summed E-state index contributed by atoms with van der Waals surface area (Å²) in [7, 11) is 1.74. The van der Waals surface area contributed by atoms with Gasteiger partial charge in [-0.15, -0.1) is 11.6 Å². The van der Waals surface area contributed by atoms with Gasteiger partial charge in [-0.3, -0.25) is 9.78 Å². The Bertz CT molecular complexity index is 302. The molecule has 0 aliphatic heterocycles. The molecule has 0 bridgehead atoms. The zero-order chi connectivity index (χ0) is 10.6. The van der Waals surface area contributed by atoms with E-state index in [0.717, 1.165) is 0 Å². The molecule has 0 radical (unpaired) electrons. The number of nitrogens with zero attached hydrogens (tertiary/aromatic N) is 2. The Hall–Kier alpha value is -1.09. The molecule has 0 saturated carbocycles. The fourth-order valence-corrected chi connectivity index (χ4v) is 1.20. The van der Waals surface area contributed by atoms with Gasteiger partial charge in [0, 0.05) is 31.4 Å². The summed E-state index contributed by atoms with van der Waals surface area (Å²) >= 11 is 5.67. The van der Waals surface area contributed by atoms with E-state index in [9.17, 15) is 4.79 Å². The van der Waals surface area contributed by atoms with Crippen LogP contribution in [0.25, 0.3) is 0 Å². The van der Waals surface area contributed by atoms with E-state index in [0.29, 0.717) is 11.4 Å². The van der Waals surface area contributed by atoms with Crippen molar-refractivity contribution in [1.29, 1.82) is 0 Å². The average molecular weight is 213 g/mol. The minimum atomic E-state index is -0.0498. The molecule has 1 heterocycles. The minimum Gasteiger partial charge on any atom is -0.338 e. The van der Waals surface area contributed by atoms with Crippen LogP contribution in [-0.2, 0) is 0 Å². The smallest absolute Gasteiger partial charge is 0.255 e. The molecular formula is C10H13ClN2O. The second-order valence-electron chi connectivity index (χ2n) is 3.16. The van der Waals surface area contributed by atoms with E-state index >= 15 is 0 Å². The Morgan fingerprint density at radius 3 is 2.93 bits per heavy atom. The third-order valence-corrected chi connectivity index (χ3v) is 2.56. The van der Waals surface area contributed by atoms with Crippen LogP contribution in [0.1, 0.15) is 17.3 Å². The van der Waals surface area contributed by atoms with E-state index < -0.39 is 0 Å². The van der Waals surface area contributed by atoms with Crippen molar-refractivity contribution in [2.75, 3.05) is 12.9 Å². The number of hydrogen-bond acceptors (Lipinski definition) is 2. The predicted molar refractivity (Wildman–Crippen MR) is 56.5 cm³/mol. The number of carbonyl (C=O) groups excluding carboxylic acids is 1. The molecule has 14 heavy (non-hydrogen) atoms. The lowest BCUT2D eigenvalue weighted by molar-refractivity contribution is 0.0756. The van der Waals surface area contributed by atoms with Gasteiger partial charge in [-0.05, 0) is 19.1 Å². The van der Waals surface area contributed by atoms with E-state index in [1.165, 1.54) is 0 Å². The normalized spacial score (nSPS) is 12.2. The summed E-state index contributed by atoms with van der Waals surface area (Å²) in [5, 5.41) is 0. The summed E-state index contributed by atoms with van der Waals surface area (Å²) in [5.41, 5.74) is 0.590. The zero-order valence-corrected chi connectivity index (χ0v) is 9.03. The van der Waals surface area contributed by atoms with Crippen LogP contribution in [0.5, 0.6) is 0 Å². The third kappa shape index (κ3) is 2.45. The molecule has 0 aliphatic rings. The van der Waals surface area contributed by atoms with Crippen LogP contribution in [0.3, 0.4) is 0 Å². The lowest BCUT2D eigenvalue weighted by Crippen LogP contribution is -2.36. The van der Waals surface area contributed by atoms with Crippen LogP contribution in [0.15, 0.2) is 24.5 Å². The molecule has 4 heteroatoms. The number of aromatic nitrogens is 1. The topological polar surface area (TPSA) is 33.2 Å². The summed E-state index contributed by atoms with van der Waals surface area (Å²) in [6, 6.07) is 3.52. The zero-order valence-electron chi connectivity index (χ0n) is 8.27. The maximum Gasteiger partial charge on any atom is 0.255 e. The molecule has 1 amide bonds. The highest BCUT2D eigenvalue weighted by atomic mass is 35.5. The van der Waals surface area contributed by atoms with Crippen LogP contribution in [0, 0.1) is 0 Å². The van der Waals surface area contributed by atoms with E-state index in [2.05, 4.69) is 4.98 Å². The van der Waals surface area contributed by atoms with Gasteiger partial charge in [-0.25, -0.2) is 0 Å². The van der Waals surface area contributed by atoms with Gasteiger partial charge >= 0.3 is 0 Å². The number of halogens is 1. The van der Waals surface area contributed by atoms with Gasteiger partial charge in [-0.1, -0.05) is 0 Å². The number of alkyl halides is 1. The Kier molecular flexibility index (Phi) is 3.89. The van der Waals surface area contributed by atoms with E-state index in [1.807, 2.05) is 6.92 Å². The molecule has 0 saturated heterocycles. The largest absolute Gasteiger partial charge is 0.338 e. The van der Waals surface area contributed by atoms with Crippen LogP contribution in [0.4, 0.5) is 0 Å². The highest BCUT2D eigenvalue weighted by molar-refractivity contribution is 6.18. The van der Waals surface area contributed by atoms with Gasteiger partial charge in [0.15, 0.2) is 0 Å². The number of rotatable bonds is 3. The molecule has 1 aromatic rings. The average Bonchev–Trinajstić information content (AvgIpc) is 2.27. The SMILES string of the molecule is CC(CCl)N(C)C(=O)c1cccnc1. The van der Waals surface area contributed by atoms with E-state index in [-0.39, 0.29) is 11.9 Å². The first-order valence-corrected chi connectivity index (χ1v) is 4.93.